The van der Waals surface area contributed by atoms with E-state index in [0.717, 1.165) is 13.0 Å². The van der Waals surface area contributed by atoms with Crippen LogP contribution < -0.4 is 5.73 Å². The second kappa shape index (κ2) is 8.08. The molecule has 2 atom stereocenters. The normalized spacial score (nSPS) is 17.4. The third-order valence-electron chi connectivity index (χ3n) is 4.15. The Kier molecular flexibility index (Phi) is 8.04. The van der Waals surface area contributed by atoms with Crippen molar-refractivity contribution >= 4 is 0 Å². The summed E-state index contributed by atoms with van der Waals surface area (Å²) in [5.74, 6) is 0. The molecular weight excluding hydrogens is 196 g/mol. The van der Waals surface area contributed by atoms with Crippen molar-refractivity contribution in [2.75, 3.05) is 13.6 Å². The van der Waals surface area contributed by atoms with Gasteiger partial charge in [-0.2, -0.15) is 0 Å². The summed E-state index contributed by atoms with van der Waals surface area (Å²) in [6, 6.07) is 0.644. The molecule has 98 valence electrons. The summed E-state index contributed by atoms with van der Waals surface area (Å²) >= 11 is 0. The maximum absolute atomic E-state index is 6.05. The molecule has 0 spiro atoms. The average molecular weight is 228 g/mol. The van der Waals surface area contributed by atoms with Gasteiger partial charge in [-0.3, -0.25) is 4.90 Å². The fourth-order valence-corrected chi connectivity index (χ4v) is 2.58. The van der Waals surface area contributed by atoms with Gasteiger partial charge in [0, 0.05) is 18.1 Å². The van der Waals surface area contributed by atoms with Gasteiger partial charge in [-0.25, -0.2) is 0 Å². The van der Waals surface area contributed by atoms with Crippen molar-refractivity contribution in [2.45, 2.75) is 77.8 Å². The molecule has 0 rings (SSSR count). The van der Waals surface area contributed by atoms with E-state index in [4.69, 9.17) is 5.73 Å². The highest BCUT2D eigenvalue weighted by Crippen LogP contribution is 2.27. The first-order valence-electron chi connectivity index (χ1n) is 7.00. The zero-order valence-electron chi connectivity index (χ0n) is 12.1. The van der Waals surface area contributed by atoms with Crippen LogP contribution in [0.4, 0.5) is 0 Å². The van der Waals surface area contributed by atoms with Gasteiger partial charge in [0.1, 0.15) is 0 Å². The van der Waals surface area contributed by atoms with Crippen LogP contribution in [0.25, 0.3) is 0 Å². The van der Waals surface area contributed by atoms with E-state index >= 15 is 0 Å². The van der Waals surface area contributed by atoms with Crippen molar-refractivity contribution in [3.05, 3.63) is 0 Å². The first-order valence-corrected chi connectivity index (χ1v) is 7.00. The molecule has 0 aliphatic carbocycles. The highest BCUT2D eigenvalue weighted by Gasteiger charge is 2.32. The van der Waals surface area contributed by atoms with Gasteiger partial charge in [-0.1, -0.05) is 40.0 Å². The monoisotopic (exact) mass is 228 g/mol. The largest absolute Gasteiger partial charge is 0.329 e. The molecule has 0 saturated heterocycles. The third kappa shape index (κ3) is 4.06. The minimum atomic E-state index is 0.227. The first kappa shape index (κ1) is 15.9. The summed E-state index contributed by atoms with van der Waals surface area (Å²) in [6.45, 7) is 9.90. The van der Waals surface area contributed by atoms with Crippen LogP contribution >= 0.6 is 0 Å². The van der Waals surface area contributed by atoms with Crippen LogP contribution in [0.5, 0.6) is 0 Å². The zero-order valence-corrected chi connectivity index (χ0v) is 12.1. The SMILES string of the molecule is CCCCC(CC)(CN)N(C)C(C)CCC. The van der Waals surface area contributed by atoms with E-state index in [1.54, 1.807) is 0 Å². The summed E-state index contributed by atoms with van der Waals surface area (Å²) < 4.78 is 0. The van der Waals surface area contributed by atoms with Gasteiger partial charge in [-0.05, 0) is 33.2 Å². The van der Waals surface area contributed by atoms with E-state index in [2.05, 4.69) is 39.6 Å². The summed E-state index contributed by atoms with van der Waals surface area (Å²) in [7, 11) is 2.26. The van der Waals surface area contributed by atoms with Crippen LogP contribution in [0.15, 0.2) is 0 Å². The molecule has 0 aromatic carbocycles. The maximum Gasteiger partial charge on any atom is 0.0328 e. The Morgan fingerprint density at radius 1 is 1.19 bits per heavy atom. The summed E-state index contributed by atoms with van der Waals surface area (Å²) in [5, 5.41) is 0. The van der Waals surface area contributed by atoms with E-state index in [9.17, 15) is 0 Å². The van der Waals surface area contributed by atoms with Crippen molar-refractivity contribution in [2.24, 2.45) is 5.73 Å². The Bertz CT molecular complexity index is 164. The van der Waals surface area contributed by atoms with Gasteiger partial charge in [0.2, 0.25) is 0 Å². The van der Waals surface area contributed by atoms with Gasteiger partial charge < -0.3 is 5.73 Å². The number of unbranched alkanes of at least 4 members (excludes halogenated alkanes) is 1. The molecule has 0 bridgehead atoms. The van der Waals surface area contributed by atoms with Gasteiger partial charge in [0.25, 0.3) is 0 Å². The van der Waals surface area contributed by atoms with E-state index in [-0.39, 0.29) is 5.54 Å². The fourth-order valence-electron chi connectivity index (χ4n) is 2.58. The predicted octanol–water partition coefficient (Wildman–Crippen LogP) is 3.40. The number of hydrogen-bond donors (Lipinski definition) is 1. The molecule has 0 fully saturated rings. The minimum absolute atomic E-state index is 0.227. The van der Waals surface area contributed by atoms with Crippen molar-refractivity contribution in [3.8, 4) is 0 Å². The molecule has 0 amide bonds. The molecule has 0 aromatic rings. The number of rotatable bonds is 9. The molecule has 2 unspecified atom stereocenters. The van der Waals surface area contributed by atoms with Crippen molar-refractivity contribution < 1.29 is 0 Å². The second-order valence-electron chi connectivity index (χ2n) is 5.13. The Morgan fingerprint density at radius 2 is 1.81 bits per heavy atom. The molecule has 0 heterocycles. The van der Waals surface area contributed by atoms with Crippen molar-refractivity contribution in [1.29, 1.82) is 0 Å². The molecular formula is C14H32N2. The molecule has 2 N–H and O–H groups in total. The van der Waals surface area contributed by atoms with Crippen molar-refractivity contribution in [1.82, 2.24) is 4.90 Å². The Labute approximate surface area is 103 Å². The van der Waals surface area contributed by atoms with E-state index in [1.165, 1.54) is 32.1 Å². The van der Waals surface area contributed by atoms with Crippen LogP contribution in [-0.4, -0.2) is 30.1 Å². The van der Waals surface area contributed by atoms with Gasteiger partial charge in [-0.15, -0.1) is 0 Å². The molecule has 0 saturated carbocycles. The lowest BCUT2D eigenvalue weighted by atomic mass is 9.86. The van der Waals surface area contributed by atoms with E-state index in [1.807, 2.05) is 0 Å². The lowest BCUT2D eigenvalue weighted by Crippen LogP contribution is -2.54. The van der Waals surface area contributed by atoms with E-state index in [0.29, 0.717) is 6.04 Å². The predicted molar refractivity (Wildman–Crippen MR) is 73.7 cm³/mol. The molecule has 0 aliphatic heterocycles. The summed E-state index contributed by atoms with van der Waals surface area (Å²) in [4.78, 5) is 2.53. The molecule has 16 heavy (non-hydrogen) atoms. The highest BCUT2D eigenvalue weighted by atomic mass is 15.2. The number of likely N-dealkylation sites (N-methyl/N-ethyl adjacent to an activating group) is 1. The third-order valence-corrected chi connectivity index (χ3v) is 4.15. The fraction of sp³-hybridized carbons (Fsp3) is 1.00. The van der Waals surface area contributed by atoms with Crippen molar-refractivity contribution in [3.63, 3.8) is 0 Å². The Morgan fingerprint density at radius 3 is 2.19 bits per heavy atom. The lowest BCUT2D eigenvalue weighted by molar-refractivity contribution is 0.0657. The van der Waals surface area contributed by atoms with Gasteiger partial charge in [0.05, 0.1) is 0 Å². The van der Waals surface area contributed by atoms with Crippen LogP contribution in [0.1, 0.15) is 66.2 Å². The van der Waals surface area contributed by atoms with Crippen LogP contribution in [0, 0.1) is 0 Å². The van der Waals surface area contributed by atoms with Gasteiger partial charge in [0.15, 0.2) is 0 Å². The Balaban J connectivity index is 4.59. The lowest BCUT2D eigenvalue weighted by Gasteiger charge is -2.44. The number of nitrogens with two attached hydrogens (primary N) is 1. The number of hydrogen-bond acceptors (Lipinski definition) is 2. The molecule has 0 aromatic heterocycles. The molecule has 0 aliphatic rings. The Hall–Kier alpha value is -0.0800. The first-order chi connectivity index (χ1) is 7.57. The summed E-state index contributed by atoms with van der Waals surface area (Å²) in [5.41, 5.74) is 6.28. The molecule has 2 nitrogen and oxygen atoms in total. The average Bonchev–Trinajstić information content (AvgIpc) is 2.31. The zero-order chi connectivity index (χ0) is 12.6. The second-order valence-corrected chi connectivity index (χ2v) is 5.13. The molecule has 0 radical (unpaired) electrons. The quantitative estimate of drug-likeness (QED) is 0.655. The summed E-state index contributed by atoms with van der Waals surface area (Å²) in [6.07, 6.45) is 7.47. The topological polar surface area (TPSA) is 29.3 Å². The standard InChI is InChI=1S/C14H32N2/c1-6-9-11-14(8-3,12-15)16(5)13(4)10-7-2/h13H,6-12,15H2,1-5H3. The smallest absolute Gasteiger partial charge is 0.0328 e. The van der Waals surface area contributed by atoms with Crippen LogP contribution in [0.2, 0.25) is 0 Å². The molecule has 2 heteroatoms. The van der Waals surface area contributed by atoms with Crippen LogP contribution in [0.3, 0.4) is 0 Å². The van der Waals surface area contributed by atoms with Crippen LogP contribution in [-0.2, 0) is 0 Å². The minimum Gasteiger partial charge on any atom is -0.329 e. The highest BCUT2D eigenvalue weighted by molar-refractivity contribution is 4.91. The van der Waals surface area contributed by atoms with Gasteiger partial charge >= 0.3 is 0 Å². The van der Waals surface area contributed by atoms with E-state index < -0.39 is 0 Å². The maximum atomic E-state index is 6.05. The number of nitrogens with zero attached hydrogens (tertiary/aromatic N) is 1.